The van der Waals surface area contributed by atoms with Crippen molar-refractivity contribution in [1.82, 2.24) is 0 Å². The Balaban J connectivity index is 2.63. The van der Waals surface area contributed by atoms with Crippen LogP contribution < -0.4 is 10.5 Å². The van der Waals surface area contributed by atoms with Crippen molar-refractivity contribution in [1.29, 1.82) is 0 Å². The Morgan fingerprint density at radius 1 is 1.27 bits per heavy atom. The summed E-state index contributed by atoms with van der Waals surface area (Å²) >= 11 is 0. The summed E-state index contributed by atoms with van der Waals surface area (Å²) < 4.78 is 5.43. The molecular weight excluding hydrogens is 186 g/mol. The third-order valence-corrected chi connectivity index (χ3v) is 3.46. The van der Waals surface area contributed by atoms with E-state index in [1.54, 1.807) is 7.11 Å². The molecule has 1 aromatic rings. The van der Waals surface area contributed by atoms with Gasteiger partial charge in [0, 0.05) is 11.6 Å². The van der Waals surface area contributed by atoms with Gasteiger partial charge in [-0.1, -0.05) is 13.0 Å². The van der Waals surface area contributed by atoms with Crippen LogP contribution in [-0.4, -0.2) is 7.11 Å². The van der Waals surface area contributed by atoms with E-state index in [-0.39, 0.29) is 6.04 Å². The number of fused-ring (bicyclic) bond motifs is 1. The van der Waals surface area contributed by atoms with Crippen molar-refractivity contribution in [3.05, 3.63) is 28.8 Å². The van der Waals surface area contributed by atoms with Crippen molar-refractivity contribution in [3.8, 4) is 5.75 Å². The van der Waals surface area contributed by atoms with Crippen LogP contribution in [0.3, 0.4) is 0 Å². The predicted molar refractivity (Wildman–Crippen MR) is 62.3 cm³/mol. The van der Waals surface area contributed by atoms with Crippen molar-refractivity contribution in [2.75, 3.05) is 7.11 Å². The summed E-state index contributed by atoms with van der Waals surface area (Å²) in [5.74, 6) is 1.56. The minimum absolute atomic E-state index is 0.186. The molecule has 1 aromatic carbocycles. The fourth-order valence-corrected chi connectivity index (χ4v) is 2.62. The first-order chi connectivity index (χ1) is 7.15. The third-order valence-electron chi connectivity index (χ3n) is 3.46. The normalized spacial score (nSPS) is 24.8. The van der Waals surface area contributed by atoms with Gasteiger partial charge >= 0.3 is 0 Å². The summed E-state index contributed by atoms with van der Waals surface area (Å²) in [6.07, 6.45) is 2.25. The first-order valence-corrected chi connectivity index (χ1v) is 5.58. The van der Waals surface area contributed by atoms with E-state index in [2.05, 4.69) is 26.0 Å². The van der Waals surface area contributed by atoms with Crippen LogP contribution in [0.1, 0.15) is 48.4 Å². The molecule has 2 rings (SSSR count). The van der Waals surface area contributed by atoms with Crippen molar-refractivity contribution >= 4 is 0 Å². The van der Waals surface area contributed by atoms with Crippen LogP contribution in [0.2, 0.25) is 0 Å². The maximum atomic E-state index is 6.18. The van der Waals surface area contributed by atoms with Crippen LogP contribution in [-0.2, 0) is 0 Å². The molecule has 0 amide bonds. The van der Waals surface area contributed by atoms with Gasteiger partial charge in [0.05, 0.1) is 7.11 Å². The SMILES string of the molecule is COc1ccc(C)c2c1C(C)CC[C@H]2N. The molecule has 0 saturated carbocycles. The minimum atomic E-state index is 0.186. The van der Waals surface area contributed by atoms with Gasteiger partial charge in [0.1, 0.15) is 5.75 Å². The first kappa shape index (κ1) is 10.5. The number of hydrogen-bond acceptors (Lipinski definition) is 2. The summed E-state index contributed by atoms with van der Waals surface area (Å²) in [5.41, 5.74) is 10.1. The number of nitrogens with two attached hydrogens (primary N) is 1. The Labute approximate surface area is 91.4 Å². The molecule has 2 nitrogen and oxygen atoms in total. The van der Waals surface area contributed by atoms with Gasteiger partial charge in [0.2, 0.25) is 0 Å². The van der Waals surface area contributed by atoms with Crippen LogP contribution in [0.25, 0.3) is 0 Å². The molecule has 0 heterocycles. The van der Waals surface area contributed by atoms with Crippen LogP contribution in [0.15, 0.2) is 12.1 Å². The summed E-state index contributed by atoms with van der Waals surface area (Å²) in [6.45, 7) is 4.39. The van der Waals surface area contributed by atoms with Crippen molar-refractivity contribution < 1.29 is 4.74 Å². The van der Waals surface area contributed by atoms with E-state index in [1.807, 2.05) is 0 Å². The van der Waals surface area contributed by atoms with Gasteiger partial charge in [0.25, 0.3) is 0 Å². The number of aryl methyl sites for hydroxylation is 1. The lowest BCUT2D eigenvalue weighted by atomic mass is 9.79. The number of benzene rings is 1. The highest BCUT2D eigenvalue weighted by Crippen LogP contribution is 2.42. The Bertz CT molecular complexity index is 373. The molecule has 0 aromatic heterocycles. The molecular formula is C13H19NO. The number of hydrogen-bond donors (Lipinski definition) is 1. The molecule has 0 aliphatic heterocycles. The van der Waals surface area contributed by atoms with Crippen molar-refractivity contribution in [3.63, 3.8) is 0 Å². The summed E-state index contributed by atoms with van der Waals surface area (Å²) in [7, 11) is 1.73. The molecule has 2 heteroatoms. The fourth-order valence-electron chi connectivity index (χ4n) is 2.62. The second-order valence-electron chi connectivity index (χ2n) is 4.50. The van der Waals surface area contributed by atoms with E-state index in [0.29, 0.717) is 5.92 Å². The second-order valence-corrected chi connectivity index (χ2v) is 4.50. The summed E-state index contributed by atoms with van der Waals surface area (Å²) in [5, 5.41) is 0. The number of methoxy groups -OCH3 is 1. The number of ether oxygens (including phenoxy) is 1. The Hall–Kier alpha value is -1.02. The lowest BCUT2D eigenvalue weighted by molar-refractivity contribution is 0.394. The van der Waals surface area contributed by atoms with Crippen molar-refractivity contribution in [2.45, 2.75) is 38.6 Å². The minimum Gasteiger partial charge on any atom is -0.496 e. The molecule has 0 bridgehead atoms. The molecule has 82 valence electrons. The average molecular weight is 205 g/mol. The fraction of sp³-hybridized carbons (Fsp3) is 0.538. The third kappa shape index (κ3) is 1.63. The van der Waals surface area contributed by atoms with Crippen LogP contribution in [0.5, 0.6) is 5.75 Å². The maximum Gasteiger partial charge on any atom is 0.122 e. The largest absolute Gasteiger partial charge is 0.496 e. The van der Waals surface area contributed by atoms with Gasteiger partial charge < -0.3 is 10.5 Å². The molecule has 0 fully saturated rings. The zero-order valence-electron chi connectivity index (χ0n) is 9.71. The lowest BCUT2D eigenvalue weighted by Gasteiger charge is -2.30. The highest BCUT2D eigenvalue weighted by atomic mass is 16.5. The highest BCUT2D eigenvalue weighted by molar-refractivity contribution is 5.49. The molecule has 0 radical (unpaired) electrons. The average Bonchev–Trinajstić information content (AvgIpc) is 2.23. The monoisotopic (exact) mass is 205 g/mol. The van der Waals surface area contributed by atoms with Gasteiger partial charge in [-0.2, -0.15) is 0 Å². The van der Waals surface area contributed by atoms with Crippen LogP contribution in [0.4, 0.5) is 0 Å². The Morgan fingerprint density at radius 2 is 2.00 bits per heavy atom. The van der Waals surface area contributed by atoms with Crippen LogP contribution >= 0.6 is 0 Å². The van der Waals surface area contributed by atoms with Gasteiger partial charge in [0.15, 0.2) is 0 Å². The zero-order chi connectivity index (χ0) is 11.0. The quantitative estimate of drug-likeness (QED) is 0.765. The molecule has 1 unspecified atom stereocenters. The molecule has 1 aliphatic rings. The molecule has 1 aliphatic carbocycles. The molecule has 0 spiro atoms. The smallest absolute Gasteiger partial charge is 0.122 e. The van der Waals surface area contributed by atoms with E-state index in [1.165, 1.54) is 16.7 Å². The maximum absolute atomic E-state index is 6.18. The standard InChI is InChI=1S/C13H19NO/c1-8-5-7-11(15-3)13-9(2)4-6-10(14)12(8)13/h5,7,9-10H,4,6,14H2,1-3H3/t9?,10-/m1/s1. The van der Waals surface area contributed by atoms with Crippen molar-refractivity contribution in [2.24, 2.45) is 5.73 Å². The molecule has 15 heavy (non-hydrogen) atoms. The van der Waals surface area contributed by atoms with E-state index in [4.69, 9.17) is 10.5 Å². The van der Waals surface area contributed by atoms with E-state index in [9.17, 15) is 0 Å². The molecule has 0 saturated heterocycles. The molecule has 2 N–H and O–H groups in total. The topological polar surface area (TPSA) is 35.2 Å². The van der Waals surface area contributed by atoms with Gasteiger partial charge in [-0.25, -0.2) is 0 Å². The second kappa shape index (κ2) is 3.86. The zero-order valence-corrected chi connectivity index (χ0v) is 9.71. The van der Waals surface area contributed by atoms with Gasteiger partial charge in [-0.05, 0) is 42.9 Å². The predicted octanol–water partition coefficient (Wildman–Crippen LogP) is 2.90. The van der Waals surface area contributed by atoms with E-state index < -0.39 is 0 Å². The van der Waals surface area contributed by atoms with Gasteiger partial charge in [-0.15, -0.1) is 0 Å². The Morgan fingerprint density at radius 3 is 2.67 bits per heavy atom. The van der Waals surface area contributed by atoms with E-state index >= 15 is 0 Å². The van der Waals surface area contributed by atoms with E-state index in [0.717, 1.165) is 18.6 Å². The number of rotatable bonds is 1. The lowest BCUT2D eigenvalue weighted by Crippen LogP contribution is -2.21. The molecule has 2 atom stereocenters. The highest BCUT2D eigenvalue weighted by Gasteiger charge is 2.26. The summed E-state index contributed by atoms with van der Waals surface area (Å²) in [6, 6.07) is 4.35. The first-order valence-electron chi connectivity index (χ1n) is 5.58. The summed E-state index contributed by atoms with van der Waals surface area (Å²) in [4.78, 5) is 0. The Kier molecular flexibility index (Phi) is 2.70. The van der Waals surface area contributed by atoms with Crippen LogP contribution in [0, 0.1) is 6.92 Å². The van der Waals surface area contributed by atoms with Gasteiger partial charge in [-0.3, -0.25) is 0 Å².